The van der Waals surface area contributed by atoms with E-state index in [9.17, 15) is 33.6 Å². The Morgan fingerprint density at radius 1 is 0.684 bits per heavy atom. The van der Waals surface area contributed by atoms with Gasteiger partial charge in [-0.25, -0.2) is 9.59 Å². The van der Waals surface area contributed by atoms with Crippen LogP contribution in [0.3, 0.4) is 0 Å². The summed E-state index contributed by atoms with van der Waals surface area (Å²) in [5, 5.41) is 11.1. The van der Waals surface area contributed by atoms with E-state index in [4.69, 9.17) is 28.2 Å². The third-order valence-corrected chi connectivity index (χ3v) is 7.27. The third kappa shape index (κ3) is 20.0. The zero-order valence-electron chi connectivity index (χ0n) is 34.6. The van der Waals surface area contributed by atoms with Gasteiger partial charge in [-0.2, -0.15) is 0 Å². The van der Waals surface area contributed by atoms with Gasteiger partial charge in [0.1, 0.15) is 22.6 Å². The van der Waals surface area contributed by atoms with Crippen LogP contribution in [0, 0.1) is 0 Å². The van der Waals surface area contributed by atoms with Crippen LogP contribution in [-0.2, 0) is 33.4 Å². The lowest BCUT2D eigenvalue weighted by atomic mass is 10.1. The quantitative estimate of drug-likeness (QED) is 0.0449. The SMILES string of the molecule is [2H]C([2H])([2H])C(=O)Oc1ccccc1C(=O)Oc1ccccc1C(=O)O[C@H](C(=O)COC(=O)C/C=C\C/C=C\C/C=C\C/C=C\C/C=C\C/C=C\CC)C(=O)NCCC(=O)O. The van der Waals surface area contributed by atoms with Crippen LogP contribution in [0.4, 0.5) is 0 Å². The fourth-order valence-corrected chi connectivity index (χ4v) is 4.51. The normalized spacial score (nSPS) is 13.1. The Labute approximate surface area is 336 Å². The second-order valence-corrected chi connectivity index (χ2v) is 11.7. The molecule has 302 valence electrons. The number of Topliss-reactive ketones (excluding diaryl/α,β-unsaturated/α-hetero) is 1. The molecule has 2 aromatic rings. The lowest BCUT2D eigenvalue weighted by Gasteiger charge is -2.17. The van der Waals surface area contributed by atoms with Crippen molar-refractivity contribution in [1.82, 2.24) is 5.32 Å². The molecule has 0 unspecified atom stereocenters. The summed E-state index contributed by atoms with van der Waals surface area (Å²) >= 11 is 0. The van der Waals surface area contributed by atoms with Crippen molar-refractivity contribution in [3.05, 3.63) is 133 Å². The molecular formula is C44H49NO12. The molecule has 0 saturated heterocycles. The molecular weight excluding hydrogens is 734 g/mol. The summed E-state index contributed by atoms with van der Waals surface area (Å²) in [6.07, 6.45) is 26.1. The van der Waals surface area contributed by atoms with E-state index in [-0.39, 0.29) is 12.0 Å². The number of carboxylic acids is 1. The molecule has 0 aromatic heterocycles. The molecule has 0 radical (unpaired) electrons. The summed E-state index contributed by atoms with van der Waals surface area (Å²) in [5.74, 6) is -9.44. The third-order valence-electron chi connectivity index (χ3n) is 7.27. The summed E-state index contributed by atoms with van der Waals surface area (Å²) in [7, 11) is 0. The number of carbonyl (C=O) groups excluding carboxylic acids is 6. The Morgan fingerprint density at radius 2 is 1.18 bits per heavy atom. The molecule has 0 spiro atoms. The first-order valence-electron chi connectivity index (χ1n) is 19.7. The van der Waals surface area contributed by atoms with Gasteiger partial charge in [0, 0.05) is 17.5 Å². The highest BCUT2D eigenvalue weighted by atomic mass is 16.6. The van der Waals surface area contributed by atoms with Gasteiger partial charge in [0.2, 0.25) is 11.9 Å². The number of ketones is 1. The van der Waals surface area contributed by atoms with E-state index in [2.05, 4.69) is 54.8 Å². The summed E-state index contributed by atoms with van der Waals surface area (Å²) in [4.78, 5) is 87.7. The molecule has 0 aliphatic carbocycles. The van der Waals surface area contributed by atoms with Crippen LogP contribution < -0.4 is 14.8 Å². The van der Waals surface area contributed by atoms with Gasteiger partial charge in [0.25, 0.3) is 5.91 Å². The van der Waals surface area contributed by atoms with E-state index in [1.807, 2.05) is 18.2 Å². The molecule has 1 atom stereocenters. The second-order valence-electron chi connectivity index (χ2n) is 11.7. The molecule has 2 N–H and O–H groups in total. The van der Waals surface area contributed by atoms with Gasteiger partial charge in [-0.3, -0.25) is 24.0 Å². The first-order chi connectivity index (χ1) is 28.7. The molecule has 2 aromatic carbocycles. The van der Waals surface area contributed by atoms with E-state index < -0.39 is 91.1 Å². The first-order valence-corrected chi connectivity index (χ1v) is 18.2. The van der Waals surface area contributed by atoms with Crippen molar-refractivity contribution in [2.75, 3.05) is 13.2 Å². The maximum absolute atomic E-state index is 13.3. The van der Waals surface area contributed by atoms with Gasteiger partial charge >= 0.3 is 29.8 Å². The van der Waals surface area contributed by atoms with E-state index in [0.717, 1.165) is 44.2 Å². The molecule has 57 heavy (non-hydrogen) atoms. The topological polar surface area (TPSA) is 189 Å². The monoisotopic (exact) mass is 786 g/mol. The zero-order valence-corrected chi connectivity index (χ0v) is 31.6. The maximum atomic E-state index is 13.3. The van der Waals surface area contributed by atoms with E-state index in [0.29, 0.717) is 6.42 Å². The minimum absolute atomic E-state index is 0.204. The highest BCUT2D eigenvalue weighted by Gasteiger charge is 2.33. The summed E-state index contributed by atoms with van der Waals surface area (Å²) in [6, 6.07) is 10.1. The van der Waals surface area contributed by atoms with Crippen LogP contribution >= 0.6 is 0 Å². The summed E-state index contributed by atoms with van der Waals surface area (Å²) < 4.78 is 42.0. The lowest BCUT2D eigenvalue weighted by molar-refractivity contribution is -0.152. The van der Waals surface area contributed by atoms with Crippen LogP contribution in [0.2, 0.25) is 0 Å². The highest BCUT2D eigenvalue weighted by Crippen LogP contribution is 2.24. The zero-order chi connectivity index (χ0) is 44.2. The molecule has 0 heterocycles. The number of ether oxygens (including phenoxy) is 4. The Morgan fingerprint density at radius 3 is 1.70 bits per heavy atom. The maximum Gasteiger partial charge on any atom is 0.347 e. The molecule has 1 amide bonds. The molecule has 13 nitrogen and oxygen atoms in total. The summed E-state index contributed by atoms with van der Waals surface area (Å²) in [6.45, 7) is -2.44. The molecule has 0 aliphatic heterocycles. The number of hydrogen-bond acceptors (Lipinski definition) is 11. The van der Waals surface area contributed by atoms with Crippen molar-refractivity contribution >= 4 is 41.5 Å². The largest absolute Gasteiger partial charge is 0.481 e. The van der Waals surface area contributed by atoms with Gasteiger partial charge in [0.15, 0.2) is 6.61 Å². The van der Waals surface area contributed by atoms with Gasteiger partial charge in [0.05, 0.1) is 12.8 Å². The van der Waals surface area contributed by atoms with Crippen molar-refractivity contribution in [2.24, 2.45) is 0 Å². The van der Waals surface area contributed by atoms with Crippen molar-refractivity contribution in [3.63, 3.8) is 0 Å². The van der Waals surface area contributed by atoms with Gasteiger partial charge in [-0.15, -0.1) is 0 Å². The molecule has 0 aliphatic rings. The molecule has 13 heteroatoms. The summed E-state index contributed by atoms with van der Waals surface area (Å²) in [5.41, 5.74) is -0.830. The number of carboxylic acid groups (broad SMARTS) is 1. The standard InChI is InChI=1S/C44H49NO12/c1-3-4-5-6-7-8-9-10-11-12-13-14-15-16-17-18-19-20-29-40(50)54-32-36(47)41(42(51)45-31-30-39(48)49)57-44(53)35-26-22-24-28-38(35)56-43(52)34-25-21-23-27-37(34)55-33(2)46/h4-5,7-8,10-11,13-14,16-17,19-28,41H,3,6,9,12,15,18,29-32H2,1-2H3,(H,45,51)(H,48,49)/b5-4-,8-7-,11-10-,14-13-,17-16-,20-19-/t41-/m1/s1/i2D3. The molecule has 0 fully saturated rings. The average molecular weight is 787 g/mol. The second kappa shape index (κ2) is 27.9. The van der Waals surface area contributed by atoms with E-state index in [1.54, 1.807) is 6.08 Å². The molecule has 0 bridgehead atoms. The number of carbonyl (C=O) groups is 7. The van der Waals surface area contributed by atoms with Crippen molar-refractivity contribution in [1.29, 1.82) is 0 Å². The van der Waals surface area contributed by atoms with Gasteiger partial charge in [-0.1, -0.05) is 104 Å². The van der Waals surface area contributed by atoms with Crippen molar-refractivity contribution in [3.8, 4) is 11.5 Å². The number of nitrogens with one attached hydrogen (secondary N) is 1. The predicted molar refractivity (Wildman–Crippen MR) is 212 cm³/mol. The van der Waals surface area contributed by atoms with Crippen LogP contribution in [0.15, 0.2) is 121 Å². The van der Waals surface area contributed by atoms with Gasteiger partial charge in [-0.05, 0) is 62.8 Å². The molecule has 2 rings (SSSR count). The minimum atomic E-state index is -3.13. The fraction of sp³-hybridized carbons (Fsp3) is 0.295. The van der Waals surface area contributed by atoms with Crippen LogP contribution in [0.1, 0.15) is 90.0 Å². The Bertz CT molecular complexity index is 1960. The minimum Gasteiger partial charge on any atom is -0.481 e. The highest BCUT2D eigenvalue weighted by molar-refractivity contribution is 6.08. The van der Waals surface area contributed by atoms with E-state index in [1.165, 1.54) is 42.5 Å². The number of hydrogen-bond donors (Lipinski definition) is 2. The van der Waals surface area contributed by atoms with Crippen LogP contribution in [0.5, 0.6) is 11.5 Å². The fourth-order valence-electron chi connectivity index (χ4n) is 4.51. The molecule has 0 saturated carbocycles. The number of allylic oxidation sites excluding steroid dienone is 11. The van der Waals surface area contributed by atoms with Crippen LogP contribution in [-0.4, -0.2) is 65.9 Å². The van der Waals surface area contributed by atoms with Crippen molar-refractivity contribution < 1.29 is 61.7 Å². The van der Waals surface area contributed by atoms with Crippen molar-refractivity contribution in [2.45, 2.75) is 71.2 Å². The predicted octanol–water partition coefficient (Wildman–Crippen LogP) is 7.15. The number of amides is 1. The number of aliphatic carboxylic acids is 1. The Kier molecular flexibility index (Phi) is 20.3. The smallest absolute Gasteiger partial charge is 0.347 e. The van der Waals surface area contributed by atoms with Gasteiger partial charge < -0.3 is 29.4 Å². The number of esters is 4. The van der Waals surface area contributed by atoms with Crippen LogP contribution in [0.25, 0.3) is 0 Å². The van der Waals surface area contributed by atoms with E-state index >= 15 is 0 Å². The first kappa shape index (κ1) is 41.5. The lowest BCUT2D eigenvalue weighted by Crippen LogP contribution is -2.45. The Balaban J connectivity index is 1.97. The number of benzene rings is 2. The Hall–Kier alpha value is -6.63. The number of rotatable bonds is 25. The average Bonchev–Trinajstić information content (AvgIpc) is 3.21. The number of para-hydroxylation sites is 2.